The third kappa shape index (κ3) is 3.44. The van der Waals surface area contributed by atoms with Crippen molar-refractivity contribution in [3.05, 3.63) is 45.9 Å². The highest BCUT2D eigenvalue weighted by molar-refractivity contribution is 5.93. The summed E-state index contributed by atoms with van der Waals surface area (Å²) in [5, 5.41) is 17.2. The number of hydrogen-bond acceptors (Lipinski definition) is 5. The Morgan fingerprint density at radius 2 is 2.22 bits per heavy atom. The quantitative estimate of drug-likeness (QED) is 0.673. The lowest BCUT2D eigenvalue weighted by Gasteiger charge is -2.13. The van der Waals surface area contributed by atoms with Gasteiger partial charge < -0.3 is 10.1 Å². The fraction of sp³-hybridized carbons (Fsp3) is 0.286. The smallest absolute Gasteiger partial charge is 0.350 e. The number of nitro groups is 1. The zero-order valence-electron chi connectivity index (χ0n) is 12.7. The molecule has 2 aromatic rings. The van der Waals surface area contributed by atoms with E-state index in [0.29, 0.717) is 0 Å². The number of halogens is 1. The van der Waals surface area contributed by atoms with Crippen LogP contribution in [-0.2, 0) is 4.79 Å². The summed E-state index contributed by atoms with van der Waals surface area (Å²) in [4.78, 5) is 22.4. The Labute approximate surface area is 131 Å². The maximum absolute atomic E-state index is 13.7. The number of ether oxygens (including phenoxy) is 1. The first-order valence-corrected chi connectivity index (χ1v) is 6.68. The maximum Gasteiger partial charge on any atom is 0.350 e. The van der Waals surface area contributed by atoms with E-state index in [9.17, 15) is 19.3 Å². The second-order valence-electron chi connectivity index (χ2n) is 4.91. The second-order valence-corrected chi connectivity index (χ2v) is 4.91. The van der Waals surface area contributed by atoms with Gasteiger partial charge in [-0.25, -0.2) is 9.07 Å². The molecule has 0 aliphatic carbocycles. The molecule has 2 rings (SSSR count). The van der Waals surface area contributed by atoms with E-state index in [0.717, 1.165) is 16.4 Å². The van der Waals surface area contributed by atoms with Crippen molar-refractivity contribution in [1.29, 1.82) is 0 Å². The van der Waals surface area contributed by atoms with Gasteiger partial charge in [0, 0.05) is 0 Å². The predicted octanol–water partition coefficient (Wildman–Crippen LogP) is 2.45. The molecule has 9 heteroatoms. The Bertz CT molecular complexity index is 759. The SMILES string of the molecule is COc1nn(C(C)C(=O)Nc2cc(C)ccc2F)cc1[N+](=O)[O-]. The normalized spacial score (nSPS) is 11.8. The molecule has 0 bridgehead atoms. The molecule has 0 saturated carbocycles. The number of aryl methyl sites for hydroxylation is 1. The van der Waals surface area contributed by atoms with Crippen LogP contribution in [0.2, 0.25) is 0 Å². The molecule has 1 amide bonds. The highest BCUT2D eigenvalue weighted by Gasteiger charge is 2.25. The molecule has 0 fully saturated rings. The molecule has 1 aromatic heterocycles. The topological polar surface area (TPSA) is 99.3 Å². The Hall–Kier alpha value is -2.97. The zero-order valence-corrected chi connectivity index (χ0v) is 12.7. The van der Waals surface area contributed by atoms with Crippen molar-refractivity contribution < 1.29 is 18.8 Å². The van der Waals surface area contributed by atoms with Gasteiger partial charge in [0.15, 0.2) is 0 Å². The summed E-state index contributed by atoms with van der Waals surface area (Å²) in [7, 11) is 1.24. The number of carbonyl (C=O) groups is 1. The number of hydrogen-bond donors (Lipinski definition) is 1. The first kappa shape index (κ1) is 16.4. The van der Waals surface area contributed by atoms with Gasteiger partial charge in [-0.2, -0.15) is 0 Å². The van der Waals surface area contributed by atoms with E-state index in [1.54, 1.807) is 13.0 Å². The van der Waals surface area contributed by atoms with Gasteiger partial charge in [-0.1, -0.05) is 6.07 Å². The number of carbonyl (C=O) groups excluding carboxylic acids is 1. The third-order valence-electron chi connectivity index (χ3n) is 3.23. The Kier molecular flexibility index (Phi) is 4.58. The fourth-order valence-corrected chi connectivity index (χ4v) is 1.93. The monoisotopic (exact) mass is 322 g/mol. The molecule has 1 N–H and O–H groups in total. The highest BCUT2D eigenvalue weighted by atomic mass is 19.1. The van der Waals surface area contributed by atoms with Crippen LogP contribution >= 0.6 is 0 Å². The maximum atomic E-state index is 13.7. The molecule has 1 aromatic carbocycles. The molecule has 0 radical (unpaired) electrons. The van der Waals surface area contributed by atoms with Crippen LogP contribution in [-0.4, -0.2) is 27.7 Å². The summed E-state index contributed by atoms with van der Waals surface area (Å²) in [6.45, 7) is 3.25. The van der Waals surface area contributed by atoms with E-state index in [4.69, 9.17) is 4.74 Å². The molecule has 8 nitrogen and oxygen atoms in total. The van der Waals surface area contributed by atoms with E-state index < -0.39 is 22.7 Å². The number of aromatic nitrogens is 2. The predicted molar refractivity (Wildman–Crippen MR) is 79.9 cm³/mol. The largest absolute Gasteiger partial charge is 0.475 e. The lowest BCUT2D eigenvalue weighted by atomic mass is 10.2. The van der Waals surface area contributed by atoms with Crippen LogP contribution in [0.5, 0.6) is 5.88 Å². The van der Waals surface area contributed by atoms with Crippen LogP contribution in [0.3, 0.4) is 0 Å². The van der Waals surface area contributed by atoms with Gasteiger partial charge in [-0.3, -0.25) is 14.9 Å². The summed E-state index contributed by atoms with van der Waals surface area (Å²) < 4.78 is 19.6. The van der Waals surface area contributed by atoms with Crippen LogP contribution in [0.25, 0.3) is 0 Å². The van der Waals surface area contributed by atoms with Gasteiger partial charge >= 0.3 is 11.6 Å². The summed E-state index contributed by atoms with van der Waals surface area (Å²) >= 11 is 0. The van der Waals surface area contributed by atoms with Crippen molar-refractivity contribution in [3.8, 4) is 5.88 Å². The number of anilines is 1. The van der Waals surface area contributed by atoms with Crippen LogP contribution in [0.15, 0.2) is 24.4 Å². The first-order valence-electron chi connectivity index (χ1n) is 6.68. The van der Waals surface area contributed by atoms with Gasteiger partial charge in [0.2, 0.25) is 5.91 Å². The Morgan fingerprint density at radius 3 is 2.78 bits per heavy atom. The van der Waals surface area contributed by atoms with Crippen LogP contribution in [0.1, 0.15) is 18.5 Å². The molecule has 0 aliphatic heterocycles. The molecule has 1 atom stereocenters. The molecule has 23 heavy (non-hydrogen) atoms. The number of rotatable bonds is 5. The Morgan fingerprint density at radius 1 is 1.52 bits per heavy atom. The minimum Gasteiger partial charge on any atom is -0.475 e. The van der Waals surface area contributed by atoms with Crippen molar-refractivity contribution in [3.63, 3.8) is 0 Å². The van der Waals surface area contributed by atoms with Crippen LogP contribution < -0.4 is 10.1 Å². The van der Waals surface area contributed by atoms with Crippen molar-refractivity contribution in [2.45, 2.75) is 19.9 Å². The molecular weight excluding hydrogens is 307 g/mol. The standard InChI is InChI=1S/C14H15FN4O4/c1-8-4-5-10(15)11(6-8)16-13(20)9(2)18-7-12(19(21)22)14(17-18)23-3/h4-7,9H,1-3H3,(H,16,20). The first-order chi connectivity index (χ1) is 10.8. The van der Waals surface area contributed by atoms with Crippen LogP contribution in [0, 0.1) is 22.9 Å². The van der Waals surface area contributed by atoms with Crippen molar-refractivity contribution in [1.82, 2.24) is 9.78 Å². The van der Waals surface area contributed by atoms with Crippen molar-refractivity contribution in [2.75, 3.05) is 12.4 Å². The second kappa shape index (κ2) is 6.42. The fourth-order valence-electron chi connectivity index (χ4n) is 1.93. The summed E-state index contributed by atoms with van der Waals surface area (Å²) in [5.74, 6) is -1.33. The summed E-state index contributed by atoms with van der Waals surface area (Å²) in [5.41, 5.74) is 0.468. The molecule has 1 heterocycles. The minimum absolute atomic E-state index is 0.0375. The molecule has 122 valence electrons. The molecule has 1 unspecified atom stereocenters. The van der Waals surface area contributed by atoms with Gasteiger partial charge in [-0.15, -0.1) is 5.10 Å². The highest BCUT2D eigenvalue weighted by Crippen LogP contribution is 2.26. The lowest BCUT2D eigenvalue weighted by molar-refractivity contribution is -0.385. The molecule has 0 aliphatic rings. The number of nitrogens with zero attached hydrogens (tertiary/aromatic N) is 3. The zero-order chi connectivity index (χ0) is 17.1. The number of benzene rings is 1. The van der Waals surface area contributed by atoms with E-state index in [-0.39, 0.29) is 17.3 Å². The molecular formula is C14H15FN4O4. The lowest BCUT2D eigenvalue weighted by Crippen LogP contribution is -2.24. The number of nitrogens with one attached hydrogen (secondary N) is 1. The van der Waals surface area contributed by atoms with E-state index in [2.05, 4.69) is 10.4 Å². The van der Waals surface area contributed by atoms with Crippen molar-refractivity contribution >= 4 is 17.3 Å². The van der Waals surface area contributed by atoms with Gasteiger partial charge in [0.05, 0.1) is 17.7 Å². The van der Waals surface area contributed by atoms with Gasteiger partial charge in [-0.05, 0) is 31.5 Å². The van der Waals surface area contributed by atoms with Gasteiger partial charge in [0.25, 0.3) is 0 Å². The molecule has 0 spiro atoms. The minimum atomic E-state index is -0.891. The van der Waals surface area contributed by atoms with Crippen LogP contribution in [0.4, 0.5) is 15.8 Å². The average Bonchev–Trinajstić information content (AvgIpc) is 2.94. The van der Waals surface area contributed by atoms with E-state index >= 15 is 0 Å². The van der Waals surface area contributed by atoms with E-state index in [1.807, 2.05) is 0 Å². The number of methoxy groups -OCH3 is 1. The van der Waals surface area contributed by atoms with E-state index in [1.165, 1.54) is 26.2 Å². The Balaban J connectivity index is 2.23. The van der Waals surface area contributed by atoms with Crippen molar-refractivity contribution in [2.24, 2.45) is 0 Å². The number of amides is 1. The molecule has 0 saturated heterocycles. The average molecular weight is 322 g/mol. The van der Waals surface area contributed by atoms with Gasteiger partial charge in [0.1, 0.15) is 18.1 Å². The summed E-state index contributed by atoms with van der Waals surface area (Å²) in [6.07, 6.45) is 1.09. The third-order valence-corrected chi connectivity index (χ3v) is 3.23. The summed E-state index contributed by atoms with van der Waals surface area (Å²) in [6, 6.07) is 3.43.